The molecule has 6 nitrogen and oxygen atoms in total. The van der Waals surface area contributed by atoms with Crippen molar-refractivity contribution >= 4 is 22.4 Å². The van der Waals surface area contributed by atoms with E-state index in [9.17, 15) is 4.79 Å². The monoisotopic (exact) mass is 438 g/mol. The lowest BCUT2D eigenvalue weighted by Crippen LogP contribution is -3.10. The van der Waals surface area contributed by atoms with Gasteiger partial charge >= 0.3 is 0 Å². The molecule has 3 aromatic rings. The smallest absolute Gasteiger partial charge is 0.226 e. The van der Waals surface area contributed by atoms with E-state index in [0.29, 0.717) is 24.6 Å². The first-order chi connectivity index (χ1) is 15.2. The second-order valence-corrected chi connectivity index (χ2v) is 8.74. The summed E-state index contributed by atoms with van der Waals surface area (Å²) < 4.78 is 10.8. The van der Waals surface area contributed by atoms with Crippen molar-refractivity contribution in [2.24, 2.45) is 0 Å². The largest absolute Gasteiger partial charge is 0.497 e. The molecule has 0 saturated carbocycles. The first-order valence-electron chi connectivity index (χ1n) is 10.6. The molecule has 0 spiro atoms. The van der Waals surface area contributed by atoms with Crippen molar-refractivity contribution in [3.63, 3.8) is 0 Å². The van der Waals surface area contributed by atoms with Gasteiger partial charge in [-0.2, -0.15) is 0 Å². The number of nitrogens with zero attached hydrogens (tertiary/aromatic N) is 1. The molecule has 162 valence electrons. The number of nitrogens with one attached hydrogen (secondary N) is 2. The maximum absolute atomic E-state index is 12.3. The van der Waals surface area contributed by atoms with Crippen LogP contribution >= 0.6 is 11.3 Å². The number of aromatic nitrogens is 1. The Morgan fingerprint density at radius 3 is 2.68 bits per heavy atom. The third-order valence-electron chi connectivity index (χ3n) is 5.32. The normalized spacial score (nSPS) is 15.2. The van der Waals surface area contributed by atoms with E-state index >= 15 is 0 Å². The Morgan fingerprint density at radius 2 is 1.90 bits per heavy atom. The summed E-state index contributed by atoms with van der Waals surface area (Å²) in [5, 5.41) is 3.68. The van der Waals surface area contributed by atoms with Crippen molar-refractivity contribution in [1.29, 1.82) is 0 Å². The van der Waals surface area contributed by atoms with E-state index in [1.807, 2.05) is 24.3 Å². The van der Waals surface area contributed by atoms with Crippen molar-refractivity contribution < 1.29 is 19.2 Å². The van der Waals surface area contributed by atoms with Gasteiger partial charge in [0, 0.05) is 18.4 Å². The zero-order valence-electron chi connectivity index (χ0n) is 17.7. The minimum atomic E-state index is -0.0158. The average molecular weight is 439 g/mol. The molecule has 0 aliphatic carbocycles. The highest BCUT2D eigenvalue weighted by molar-refractivity contribution is 7.15. The highest BCUT2D eigenvalue weighted by atomic mass is 32.1. The van der Waals surface area contributed by atoms with Crippen molar-refractivity contribution in [2.45, 2.75) is 32.4 Å². The van der Waals surface area contributed by atoms with E-state index in [1.165, 1.54) is 15.3 Å². The summed E-state index contributed by atoms with van der Waals surface area (Å²) in [5.41, 5.74) is 2.50. The minimum Gasteiger partial charge on any atom is -0.497 e. The number of rotatable bonds is 9. The number of amides is 1. The first kappa shape index (κ1) is 21.3. The van der Waals surface area contributed by atoms with Crippen molar-refractivity contribution in [1.82, 2.24) is 4.98 Å². The third kappa shape index (κ3) is 6.06. The van der Waals surface area contributed by atoms with Crippen LogP contribution in [0.25, 0.3) is 0 Å². The summed E-state index contributed by atoms with van der Waals surface area (Å²) in [6.45, 7) is 3.55. The van der Waals surface area contributed by atoms with E-state index in [0.717, 1.165) is 43.2 Å². The topological polar surface area (TPSA) is 64.9 Å². The molecule has 4 rings (SSSR count). The number of quaternary nitrogens is 1. The zero-order valence-corrected chi connectivity index (χ0v) is 18.5. The number of fused-ring (bicyclic) bond motifs is 1. The second kappa shape index (κ2) is 10.4. The van der Waals surface area contributed by atoms with Gasteiger partial charge in [-0.05, 0) is 30.7 Å². The lowest BCUT2D eigenvalue weighted by atomic mass is 10.1. The number of anilines is 1. The molecular formula is C24H28N3O3S+. The van der Waals surface area contributed by atoms with Crippen LogP contribution in [-0.2, 0) is 24.3 Å². The quantitative estimate of drug-likeness (QED) is 0.504. The zero-order chi connectivity index (χ0) is 21.5. The van der Waals surface area contributed by atoms with Crippen molar-refractivity contribution in [2.75, 3.05) is 25.6 Å². The molecule has 1 aromatic heterocycles. The highest BCUT2D eigenvalue weighted by Crippen LogP contribution is 2.24. The maximum Gasteiger partial charge on any atom is 0.226 e. The summed E-state index contributed by atoms with van der Waals surface area (Å²) in [6, 6.07) is 18.0. The third-order valence-corrected chi connectivity index (χ3v) is 6.34. The van der Waals surface area contributed by atoms with Crippen LogP contribution in [0.5, 0.6) is 11.5 Å². The van der Waals surface area contributed by atoms with Crippen LogP contribution < -0.4 is 19.7 Å². The Labute approximate surface area is 186 Å². The molecule has 1 aliphatic heterocycles. The van der Waals surface area contributed by atoms with Gasteiger partial charge in [0.2, 0.25) is 5.91 Å². The predicted molar refractivity (Wildman–Crippen MR) is 122 cm³/mol. The van der Waals surface area contributed by atoms with Gasteiger partial charge in [-0.1, -0.05) is 41.7 Å². The minimum absolute atomic E-state index is 0.0158. The summed E-state index contributed by atoms with van der Waals surface area (Å²) in [6.07, 6.45) is 2.02. The molecule has 2 heterocycles. The predicted octanol–water partition coefficient (Wildman–Crippen LogP) is 3.09. The average Bonchev–Trinajstić information content (AvgIpc) is 3.19. The fourth-order valence-electron chi connectivity index (χ4n) is 3.69. The van der Waals surface area contributed by atoms with Gasteiger partial charge in [0.25, 0.3) is 0 Å². The first-order valence-corrected chi connectivity index (χ1v) is 11.4. The van der Waals surface area contributed by atoms with Gasteiger partial charge in [-0.3, -0.25) is 4.79 Å². The number of ether oxygens (including phenoxy) is 2. The van der Waals surface area contributed by atoms with Crippen LogP contribution in [-0.4, -0.2) is 31.2 Å². The van der Waals surface area contributed by atoms with Gasteiger partial charge in [-0.25, -0.2) is 4.98 Å². The number of methoxy groups -OCH3 is 1. The lowest BCUT2D eigenvalue weighted by Gasteiger charge is -2.22. The molecule has 0 fully saturated rings. The molecule has 1 atom stereocenters. The summed E-state index contributed by atoms with van der Waals surface area (Å²) in [5.74, 6) is 1.55. The number of benzene rings is 2. The Hall–Kier alpha value is -2.90. The molecule has 0 bridgehead atoms. The molecular weight excluding hydrogens is 410 g/mol. The van der Waals surface area contributed by atoms with Crippen molar-refractivity contribution in [3.8, 4) is 11.5 Å². The second-order valence-electron chi connectivity index (χ2n) is 7.65. The molecule has 1 unspecified atom stereocenters. The standard InChI is InChI=1S/C24H27N3O3S/c1-29-19-9-11-20(12-10-19)30-15-5-8-23(28)26-24-25-21-13-14-27(17-22(21)31-24)16-18-6-3-2-4-7-18/h2-4,6-7,9-12H,5,8,13-17H2,1H3,(H,25,26,28)/p+1. The van der Waals surface area contributed by atoms with E-state index in [-0.39, 0.29) is 5.91 Å². The van der Waals surface area contributed by atoms with Crippen LogP contribution in [0, 0.1) is 0 Å². The molecule has 0 radical (unpaired) electrons. The Balaban J connectivity index is 1.20. The van der Waals surface area contributed by atoms with E-state index in [1.54, 1.807) is 18.4 Å². The van der Waals surface area contributed by atoms with Crippen LogP contribution in [0.15, 0.2) is 54.6 Å². The van der Waals surface area contributed by atoms with Crippen LogP contribution in [0.3, 0.4) is 0 Å². The summed E-state index contributed by atoms with van der Waals surface area (Å²) in [4.78, 5) is 19.8. The molecule has 1 aliphatic rings. The Morgan fingerprint density at radius 1 is 1.13 bits per heavy atom. The fraction of sp³-hybridized carbons (Fsp3) is 0.333. The van der Waals surface area contributed by atoms with E-state index in [2.05, 4.69) is 40.6 Å². The van der Waals surface area contributed by atoms with Gasteiger partial charge in [0.1, 0.15) is 24.6 Å². The van der Waals surface area contributed by atoms with Crippen LogP contribution in [0.2, 0.25) is 0 Å². The molecule has 7 heteroatoms. The molecule has 2 aromatic carbocycles. The van der Waals surface area contributed by atoms with Crippen LogP contribution in [0.4, 0.5) is 5.13 Å². The fourth-order valence-corrected chi connectivity index (χ4v) is 4.79. The summed E-state index contributed by atoms with van der Waals surface area (Å²) >= 11 is 1.61. The number of hydrogen-bond acceptors (Lipinski definition) is 5. The molecule has 2 N–H and O–H groups in total. The summed E-state index contributed by atoms with van der Waals surface area (Å²) in [7, 11) is 1.63. The molecule has 1 amide bonds. The molecule has 0 saturated heterocycles. The Bertz CT molecular complexity index is 989. The maximum atomic E-state index is 12.3. The van der Waals surface area contributed by atoms with Crippen molar-refractivity contribution in [3.05, 3.63) is 70.7 Å². The SMILES string of the molecule is COc1ccc(OCCCC(=O)Nc2nc3c(s2)C[NH+](Cc2ccccc2)CC3)cc1. The number of carbonyl (C=O) groups excluding carboxylic acids is 1. The molecule has 31 heavy (non-hydrogen) atoms. The lowest BCUT2D eigenvalue weighted by molar-refractivity contribution is -0.929. The van der Waals surface area contributed by atoms with Gasteiger partial charge < -0.3 is 19.7 Å². The van der Waals surface area contributed by atoms with E-state index in [4.69, 9.17) is 9.47 Å². The van der Waals surface area contributed by atoms with E-state index < -0.39 is 0 Å². The van der Waals surface area contributed by atoms with Gasteiger partial charge in [0.05, 0.1) is 30.8 Å². The Kier molecular flexibility index (Phi) is 7.17. The number of hydrogen-bond donors (Lipinski definition) is 2. The highest BCUT2D eigenvalue weighted by Gasteiger charge is 2.24. The van der Waals surface area contributed by atoms with Gasteiger partial charge in [0.15, 0.2) is 5.13 Å². The van der Waals surface area contributed by atoms with Crippen LogP contribution in [0.1, 0.15) is 29.0 Å². The number of carbonyl (C=O) groups is 1. The van der Waals surface area contributed by atoms with Gasteiger partial charge in [-0.15, -0.1) is 0 Å². The number of thiazole rings is 1.